The predicted molar refractivity (Wildman–Crippen MR) is 129 cm³/mol. The van der Waals surface area contributed by atoms with Crippen LogP contribution in [0.1, 0.15) is 25.3 Å². The van der Waals surface area contributed by atoms with Crippen LogP contribution in [0.25, 0.3) is 0 Å². The lowest BCUT2D eigenvalue weighted by Crippen LogP contribution is -2.36. The molecule has 0 spiro atoms. The van der Waals surface area contributed by atoms with Gasteiger partial charge < -0.3 is 10.2 Å². The van der Waals surface area contributed by atoms with Crippen molar-refractivity contribution >= 4 is 55.6 Å². The van der Waals surface area contributed by atoms with E-state index in [1.165, 1.54) is 17.3 Å². The van der Waals surface area contributed by atoms with Gasteiger partial charge in [-0.3, -0.25) is 9.79 Å². The molecule has 164 valence electrons. The van der Waals surface area contributed by atoms with Gasteiger partial charge >= 0.3 is 0 Å². The highest BCUT2D eigenvalue weighted by Gasteiger charge is 2.44. The molecule has 2 heterocycles. The van der Waals surface area contributed by atoms with Gasteiger partial charge in [-0.05, 0) is 41.8 Å². The van der Waals surface area contributed by atoms with Gasteiger partial charge in [-0.25, -0.2) is 8.42 Å². The number of aliphatic imine (C=N–C) groups is 1. The quantitative estimate of drug-likeness (QED) is 0.699. The smallest absolute Gasteiger partial charge is 0.244 e. The zero-order valence-electron chi connectivity index (χ0n) is 17.3. The first-order valence-corrected chi connectivity index (χ1v) is 13.2. The summed E-state index contributed by atoms with van der Waals surface area (Å²) >= 11 is 7.46. The Morgan fingerprint density at radius 3 is 2.61 bits per heavy atom. The summed E-state index contributed by atoms with van der Waals surface area (Å²) in [6.45, 7) is 4.32. The number of nitrogens with zero attached hydrogens (tertiary/aromatic N) is 2. The van der Waals surface area contributed by atoms with Crippen molar-refractivity contribution in [3.63, 3.8) is 0 Å². The lowest BCUT2D eigenvalue weighted by molar-refractivity contribution is -0.114. The topological polar surface area (TPSA) is 78.8 Å². The second-order valence-corrected chi connectivity index (χ2v) is 11.9. The van der Waals surface area contributed by atoms with Crippen LogP contribution >= 0.6 is 23.4 Å². The lowest BCUT2D eigenvalue weighted by Gasteiger charge is -2.24. The Labute approximate surface area is 192 Å². The molecule has 2 aliphatic heterocycles. The van der Waals surface area contributed by atoms with E-state index in [1.54, 1.807) is 24.3 Å². The van der Waals surface area contributed by atoms with Gasteiger partial charge in [0, 0.05) is 21.6 Å². The van der Waals surface area contributed by atoms with Gasteiger partial charge in [-0.15, -0.1) is 0 Å². The second-order valence-electron chi connectivity index (χ2n) is 8.10. The van der Waals surface area contributed by atoms with Gasteiger partial charge in [-0.1, -0.05) is 55.4 Å². The molecule has 9 heteroatoms. The van der Waals surface area contributed by atoms with Crippen LogP contribution in [0.4, 0.5) is 11.4 Å². The lowest BCUT2D eigenvalue weighted by atomic mass is 10.0. The van der Waals surface area contributed by atoms with Crippen LogP contribution in [0, 0.1) is 0 Å². The molecule has 0 bridgehead atoms. The maximum atomic E-state index is 12.8. The van der Waals surface area contributed by atoms with Crippen LogP contribution in [0.5, 0.6) is 0 Å². The minimum atomic E-state index is -3.04. The molecule has 0 saturated carbocycles. The van der Waals surface area contributed by atoms with E-state index in [4.69, 9.17) is 11.6 Å². The van der Waals surface area contributed by atoms with Crippen molar-refractivity contribution in [2.75, 3.05) is 28.3 Å². The minimum Gasteiger partial charge on any atom is -0.324 e. The molecule has 31 heavy (non-hydrogen) atoms. The number of hydrogen-bond acceptors (Lipinski definition) is 6. The number of carbonyl (C=O) groups is 1. The summed E-state index contributed by atoms with van der Waals surface area (Å²) in [5, 5.41) is 4.01. The highest BCUT2D eigenvalue weighted by molar-refractivity contribution is 8.15. The fraction of sp³-hybridized carbons (Fsp3) is 0.364. The van der Waals surface area contributed by atoms with Crippen molar-refractivity contribution in [2.45, 2.75) is 31.1 Å². The number of anilines is 2. The van der Waals surface area contributed by atoms with E-state index in [0.717, 1.165) is 5.69 Å². The van der Waals surface area contributed by atoms with Crippen molar-refractivity contribution in [1.29, 1.82) is 0 Å². The molecule has 4 rings (SSSR count). The molecule has 6 nitrogen and oxygen atoms in total. The Morgan fingerprint density at radius 2 is 1.97 bits per heavy atom. The normalized spacial score (nSPS) is 21.6. The largest absolute Gasteiger partial charge is 0.324 e. The number of amides is 1. The Hall–Kier alpha value is -2.03. The molecule has 2 aliphatic rings. The summed E-state index contributed by atoms with van der Waals surface area (Å²) in [6.07, 6.45) is 0. The van der Waals surface area contributed by atoms with Crippen LogP contribution in [0.2, 0.25) is 5.02 Å². The van der Waals surface area contributed by atoms with Crippen LogP contribution in [-0.2, 0) is 14.6 Å². The van der Waals surface area contributed by atoms with Crippen LogP contribution in [0.3, 0.4) is 0 Å². The number of carbonyl (C=O) groups excluding carboxylic acids is 1. The first kappa shape index (κ1) is 22.2. The molecule has 2 atom stereocenters. The molecule has 1 amide bonds. The molecular formula is C22H24ClN3O3S2. The van der Waals surface area contributed by atoms with E-state index in [1.807, 2.05) is 29.2 Å². The summed E-state index contributed by atoms with van der Waals surface area (Å²) < 4.78 is 23.9. The predicted octanol–water partition coefficient (Wildman–Crippen LogP) is 4.18. The van der Waals surface area contributed by atoms with Crippen molar-refractivity contribution in [2.24, 2.45) is 4.99 Å². The molecule has 1 N–H and O–H groups in total. The van der Waals surface area contributed by atoms with E-state index in [0.29, 0.717) is 21.8 Å². The molecule has 1 saturated heterocycles. The fourth-order valence-electron chi connectivity index (χ4n) is 3.69. The van der Waals surface area contributed by atoms with Crippen LogP contribution in [-0.4, -0.2) is 48.8 Å². The van der Waals surface area contributed by atoms with Gasteiger partial charge in [0.25, 0.3) is 0 Å². The average Bonchev–Trinajstić information content (AvgIpc) is 3.19. The van der Waals surface area contributed by atoms with E-state index in [9.17, 15) is 13.2 Å². The van der Waals surface area contributed by atoms with E-state index < -0.39 is 9.84 Å². The molecule has 2 unspecified atom stereocenters. The number of halogens is 1. The van der Waals surface area contributed by atoms with Crippen LogP contribution in [0.15, 0.2) is 53.5 Å². The van der Waals surface area contributed by atoms with E-state index in [-0.39, 0.29) is 35.2 Å². The van der Waals surface area contributed by atoms with E-state index >= 15 is 0 Å². The zero-order valence-corrected chi connectivity index (χ0v) is 19.7. The van der Waals surface area contributed by atoms with Gasteiger partial charge in [-0.2, -0.15) is 0 Å². The first-order valence-electron chi connectivity index (χ1n) is 10.1. The average molecular weight is 478 g/mol. The number of hydrogen-bond donors (Lipinski definition) is 1. The Kier molecular flexibility index (Phi) is 6.32. The Morgan fingerprint density at radius 1 is 1.23 bits per heavy atom. The third-order valence-electron chi connectivity index (χ3n) is 5.32. The molecular weight excluding hydrogens is 454 g/mol. The molecule has 1 fully saturated rings. The van der Waals surface area contributed by atoms with Crippen LogP contribution < -0.4 is 10.2 Å². The number of amidine groups is 1. The monoisotopic (exact) mass is 477 g/mol. The Bertz CT molecular complexity index is 1120. The highest BCUT2D eigenvalue weighted by Crippen LogP contribution is 2.37. The standard InChI is InChI=1S/C22H24ClN3O3S2/c1-14(2)15-6-8-18(9-7-15)26(11-21(27)24-17-5-3-4-16(23)10-17)22-25-19-12-31(28,29)13-20(19)30-22/h3-10,14,19-20H,11-13H2,1-2H3,(H,24,27). The van der Waals surface area contributed by atoms with Gasteiger partial charge in [0.2, 0.25) is 5.91 Å². The maximum absolute atomic E-state index is 12.8. The number of thioether (sulfide) groups is 1. The molecule has 0 aromatic heterocycles. The summed E-state index contributed by atoms with van der Waals surface area (Å²) in [4.78, 5) is 19.4. The minimum absolute atomic E-state index is 0.0611. The molecule has 2 aromatic carbocycles. The number of benzene rings is 2. The van der Waals surface area contributed by atoms with Gasteiger partial charge in [0.15, 0.2) is 15.0 Å². The molecule has 0 radical (unpaired) electrons. The number of fused-ring (bicyclic) bond motifs is 1. The summed E-state index contributed by atoms with van der Waals surface area (Å²) in [5.74, 6) is 0.396. The van der Waals surface area contributed by atoms with E-state index in [2.05, 4.69) is 24.2 Å². The number of rotatable bonds is 5. The van der Waals surface area contributed by atoms with Crippen molar-refractivity contribution in [1.82, 2.24) is 0 Å². The van der Waals surface area contributed by atoms with Crippen molar-refractivity contribution in [3.8, 4) is 0 Å². The number of nitrogens with one attached hydrogen (secondary N) is 1. The summed E-state index contributed by atoms with van der Waals surface area (Å²) in [6, 6.07) is 14.8. The summed E-state index contributed by atoms with van der Waals surface area (Å²) in [7, 11) is -3.04. The van der Waals surface area contributed by atoms with Crippen molar-refractivity contribution < 1.29 is 13.2 Å². The van der Waals surface area contributed by atoms with Gasteiger partial charge in [0.05, 0.1) is 17.5 Å². The van der Waals surface area contributed by atoms with Crippen molar-refractivity contribution in [3.05, 3.63) is 59.1 Å². The number of sulfone groups is 1. The first-order chi connectivity index (χ1) is 14.7. The highest BCUT2D eigenvalue weighted by atomic mass is 35.5. The maximum Gasteiger partial charge on any atom is 0.244 e. The molecule has 0 aliphatic carbocycles. The fourth-order valence-corrected chi connectivity index (χ4v) is 7.66. The second kappa shape index (κ2) is 8.84. The third-order valence-corrected chi connectivity index (χ3v) is 8.80. The van der Waals surface area contributed by atoms with Gasteiger partial charge in [0.1, 0.15) is 6.54 Å². The third kappa shape index (κ3) is 5.25. The zero-order chi connectivity index (χ0) is 22.2. The summed E-state index contributed by atoms with van der Waals surface area (Å²) in [5.41, 5.74) is 2.67. The Balaban J connectivity index is 1.58. The molecule has 2 aromatic rings. The SMILES string of the molecule is CC(C)c1ccc(N(CC(=O)Nc2cccc(Cl)c2)C2=NC3CS(=O)(=O)CC3S2)cc1.